The van der Waals surface area contributed by atoms with Crippen LogP contribution in [0.1, 0.15) is 45.7 Å². The summed E-state index contributed by atoms with van der Waals surface area (Å²) in [4.78, 5) is 60.6. The molecule has 0 aromatic heterocycles. The third-order valence-electron chi connectivity index (χ3n) is 7.62. The van der Waals surface area contributed by atoms with Gasteiger partial charge >= 0.3 is 71.1 Å². The molecule has 0 bridgehead atoms. The molecule has 4 fully saturated rings. The van der Waals surface area contributed by atoms with Crippen LogP contribution in [0.5, 0.6) is 0 Å². The van der Waals surface area contributed by atoms with Crippen molar-refractivity contribution in [2.75, 3.05) is 0 Å². The van der Waals surface area contributed by atoms with Crippen molar-refractivity contribution in [1.29, 1.82) is 0 Å². The average Bonchev–Trinajstić information content (AvgIpc) is 3.18. The second-order valence-electron chi connectivity index (χ2n) is 10.8. The zero-order chi connectivity index (χ0) is 29.2. The first-order valence-electron chi connectivity index (χ1n) is 12.1. The summed E-state index contributed by atoms with van der Waals surface area (Å²) in [5.74, 6) is -3.52. The summed E-state index contributed by atoms with van der Waals surface area (Å²) in [6, 6.07) is 5.12. The summed E-state index contributed by atoms with van der Waals surface area (Å²) >= 11 is 1.38. The van der Waals surface area contributed by atoms with Gasteiger partial charge in [0, 0.05) is 4.75 Å². The molecule has 4 heterocycles. The van der Waals surface area contributed by atoms with Crippen LogP contribution in [0.15, 0.2) is 30.3 Å². The summed E-state index contributed by atoms with van der Waals surface area (Å²) in [5, 5.41) is 19.7. The van der Waals surface area contributed by atoms with Crippen LogP contribution in [-0.2, 0) is 33.8 Å². The summed E-state index contributed by atoms with van der Waals surface area (Å²) < 4.78 is 21.7. The quantitative estimate of drug-likeness (QED) is 0.212. The zero-order valence-electron chi connectivity index (χ0n) is 21.6. The number of carbonyl (C=O) groups is 5. The summed E-state index contributed by atoms with van der Waals surface area (Å²) in [6.07, 6.45) is -0.0878. The Morgan fingerprint density at radius 1 is 1.00 bits per heavy atom. The second-order valence-corrected chi connectivity index (χ2v) is 15.3. The maximum absolute atomic E-state index is 12.3. The van der Waals surface area contributed by atoms with Crippen LogP contribution in [-0.4, -0.2) is 156 Å². The third kappa shape index (κ3) is 5.86. The summed E-state index contributed by atoms with van der Waals surface area (Å²) in [5.41, 5.74) is 6.59. The van der Waals surface area contributed by atoms with E-state index in [-0.39, 0.29) is 76.8 Å². The van der Waals surface area contributed by atoms with Crippen molar-refractivity contribution in [2.24, 2.45) is 5.73 Å². The molecule has 0 aliphatic carbocycles. The number of fused-ring (bicyclic) bond motifs is 2. The number of sulfone groups is 1. The van der Waals surface area contributed by atoms with Crippen LogP contribution in [0.4, 0.5) is 0 Å². The van der Waals surface area contributed by atoms with Gasteiger partial charge in [0.25, 0.3) is 0 Å². The standard InChI is InChI=1S/C16H19N3O4S.C8H11NO5S.2Na.2H/c1-16(2)11(15(22)23)19-13(21)10(14(19)24-16)18-12(20)9(17)8-6-4-3-5-7-8;1-8(2)6(7(11)12)9-4(10)3-5(9)15(8,13)14;;;;/h3-7,9-11,14H,17H2,1-2H3,(H,18,20)(H,22,23);5-6H,3H2,1-2H3,(H,11,12);;;;/t9-,10-,11+,14-;5-,6+;;;;/m11..../s1. The topological polar surface area (TPSA) is 204 Å². The van der Waals surface area contributed by atoms with Crippen molar-refractivity contribution in [3.8, 4) is 0 Å². The molecule has 13 nitrogen and oxygen atoms in total. The van der Waals surface area contributed by atoms with Crippen LogP contribution in [0, 0.1) is 0 Å². The van der Waals surface area contributed by atoms with Crippen molar-refractivity contribution < 1.29 is 42.6 Å². The molecule has 1 aromatic rings. The maximum atomic E-state index is 12.3. The van der Waals surface area contributed by atoms with E-state index in [1.165, 1.54) is 30.5 Å². The first-order valence-corrected chi connectivity index (χ1v) is 14.5. The van der Waals surface area contributed by atoms with Crippen molar-refractivity contribution in [3.05, 3.63) is 35.9 Å². The van der Waals surface area contributed by atoms with Gasteiger partial charge in [-0.1, -0.05) is 30.3 Å². The Kier molecular flexibility index (Phi) is 10.9. The average molecular weight is 631 g/mol. The number of nitrogens with two attached hydrogens (primary N) is 1. The molecule has 0 unspecified atom stereocenters. The molecular weight excluding hydrogens is 598 g/mol. The van der Waals surface area contributed by atoms with Crippen LogP contribution in [0.3, 0.4) is 0 Å². The van der Waals surface area contributed by atoms with E-state index in [2.05, 4.69) is 5.32 Å². The minimum atomic E-state index is -3.57. The molecular formula is C24H32N4Na2O9S2. The number of amides is 3. The van der Waals surface area contributed by atoms with Gasteiger partial charge in [0.05, 0.1) is 11.2 Å². The Hall–Kier alpha value is -1.17. The van der Waals surface area contributed by atoms with Gasteiger partial charge in [0.15, 0.2) is 9.84 Å². The second kappa shape index (κ2) is 12.4. The van der Waals surface area contributed by atoms with Gasteiger partial charge in [-0.05, 0) is 33.3 Å². The number of carboxylic acids is 2. The molecule has 216 valence electrons. The number of benzene rings is 1. The molecule has 0 spiro atoms. The van der Waals surface area contributed by atoms with Crippen molar-refractivity contribution >= 4 is 110 Å². The van der Waals surface area contributed by atoms with Gasteiger partial charge in [-0.25, -0.2) is 18.0 Å². The number of nitrogens with zero attached hydrogens (tertiary/aromatic N) is 2. The Labute approximate surface area is 285 Å². The van der Waals surface area contributed by atoms with Crippen LogP contribution < -0.4 is 11.1 Å². The van der Waals surface area contributed by atoms with Crippen molar-refractivity contribution in [2.45, 2.75) is 78.5 Å². The Morgan fingerprint density at radius 2 is 1.54 bits per heavy atom. The van der Waals surface area contributed by atoms with Crippen molar-refractivity contribution in [3.63, 3.8) is 0 Å². The first-order chi connectivity index (χ1) is 17.9. The van der Waals surface area contributed by atoms with Crippen molar-refractivity contribution in [1.82, 2.24) is 15.1 Å². The van der Waals surface area contributed by atoms with Gasteiger partial charge in [0.2, 0.25) is 17.7 Å². The number of carboxylic acid groups (broad SMARTS) is 2. The fraction of sp³-hybridized carbons (Fsp3) is 0.542. The monoisotopic (exact) mass is 630 g/mol. The van der Waals surface area contributed by atoms with Crippen LogP contribution in [0.2, 0.25) is 0 Å². The number of thioether (sulfide) groups is 1. The van der Waals surface area contributed by atoms with E-state index in [4.69, 9.17) is 10.8 Å². The van der Waals surface area contributed by atoms with E-state index >= 15 is 0 Å². The number of hydrogen-bond acceptors (Lipinski definition) is 9. The number of β-lactam (4-membered cyclic amide) rings is 2. The number of hydrogen-bond donors (Lipinski definition) is 4. The fourth-order valence-electron chi connectivity index (χ4n) is 5.43. The van der Waals surface area contributed by atoms with Crippen LogP contribution in [0.25, 0.3) is 0 Å². The molecule has 5 N–H and O–H groups in total. The molecule has 4 aliphatic heterocycles. The normalized spacial score (nSPS) is 29.9. The molecule has 4 aliphatic rings. The van der Waals surface area contributed by atoms with E-state index in [0.29, 0.717) is 5.56 Å². The van der Waals surface area contributed by atoms with Gasteiger partial charge in [-0.3, -0.25) is 14.4 Å². The van der Waals surface area contributed by atoms with E-state index in [1.54, 1.807) is 38.1 Å². The Bertz CT molecular complexity index is 1360. The number of aliphatic carboxylic acids is 2. The molecule has 0 radical (unpaired) electrons. The van der Waals surface area contributed by atoms with Gasteiger partial charge in [-0.15, -0.1) is 11.8 Å². The molecule has 5 rings (SSSR count). The first kappa shape index (κ1) is 36.0. The third-order valence-corrected chi connectivity index (χ3v) is 12.0. The van der Waals surface area contributed by atoms with Gasteiger partial charge < -0.3 is 31.1 Å². The van der Waals surface area contributed by atoms with E-state index in [0.717, 1.165) is 4.90 Å². The van der Waals surface area contributed by atoms with E-state index in [9.17, 15) is 37.5 Å². The number of nitrogens with one attached hydrogen (secondary N) is 1. The summed E-state index contributed by atoms with van der Waals surface area (Å²) in [6.45, 7) is 6.28. The molecule has 41 heavy (non-hydrogen) atoms. The Balaban J connectivity index is 0.000000300. The zero-order valence-corrected chi connectivity index (χ0v) is 23.2. The molecule has 4 saturated heterocycles. The number of rotatable bonds is 5. The molecule has 0 saturated carbocycles. The van der Waals surface area contributed by atoms with E-state index < -0.39 is 72.6 Å². The molecule has 1 aromatic carbocycles. The van der Waals surface area contributed by atoms with Gasteiger partial charge in [0.1, 0.15) is 34.9 Å². The molecule has 6 atom stereocenters. The molecule has 3 amide bonds. The predicted octanol–water partition coefficient (Wildman–Crippen LogP) is -1.77. The molecule has 17 heteroatoms. The summed E-state index contributed by atoms with van der Waals surface area (Å²) in [7, 11) is -3.57. The fourth-order valence-corrected chi connectivity index (χ4v) is 9.18. The minimum absolute atomic E-state index is 0. The van der Waals surface area contributed by atoms with Gasteiger partial charge in [-0.2, -0.15) is 0 Å². The van der Waals surface area contributed by atoms with Crippen LogP contribution >= 0.6 is 11.8 Å². The number of carbonyl (C=O) groups excluding carboxylic acids is 3. The SMILES string of the molecule is CC1(C)S[C@@H]2[C@H](NC(=O)[C@H](N)c3ccccc3)C(=O)N2[C@H]1C(=O)O.CC1(C)[C@H](C(=O)O)N2C(=O)C[C@H]2S1(=O)=O.[NaH].[NaH]. The predicted molar refractivity (Wildman–Crippen MR) is 153 cm³/mol. The Morgan fingerprint density at radius 3 is 2.00 bits per heavy atom. The van der Waals surface area contributed by atoms with E-state index in [1.807, 2.05) is 6.07 Å².